The number of fused-ring (bicyclic) bond motifs is 1. The van der Waals surface area contributed by atoms with E-state index in [1.54, 1.807) is 48.5 Å². The van der Waals surface area contributed by atoms with Crippen molar-refractivity contribution in [2.24, 2.45) is 0 Å². The highest BCUT2D eigenvalue weighted by molar-refractivity contribution is 7.92. The number of aromatic nitrogens is 2. The molecule has 35 heavy (non-hydrogen) atoms. The molecule has 1 amide bonds. The lowest BCUT2D eigenvalue weighted by Gasteiger charge is -2.16. The highest BCUT2D eigenvalue weighted by Gasteiger charge is 2.37. The third-order valence-electron chi connectivity index (χ3n) is 4.75. The van der Waals surface area contributed by atoms with E-state index >= 15 is 0 Å². The van der Waals surface area contributed by atoms with Gasteiger partial charge in [-0.3, -0.25) is 9.52 Å². The molecule has 1 heterocycles. The van der Waals surface area contributed by atoms with Gasteiger partial charge in [-0.15, -0.1) is 0 Å². The van der Waals surface area contributed by atoms with Crippen LogP contribution in [-0.2, 0) is 21.0 Å². The molecule has 0 aliphatic heterocycles. The van der Waals surface area contributed by atoms with E-state index in [9.17, 15) is 26.4 Å². The largest absolute Gasteiger partial charge is 0.417 e. The van der Waals surface area contributed by atoms with Gasteiger partial charge in [0.05, 0.1) is 21.5 Å². The molecule has 4 rings (SSSR count). The zero-order chi connectivity index (χ0) is 25.2. The molecule has 0 bridgehead atoms. The Kier molecular flexibility index (Phi) is 6.31. The fraction of sp³-hybridized carbons (Fsp3) is 0.0870. The first-order valence-corrected chi connectivity index (χ1v) is 11.6. The predicted octanol–water partition coefficient (Wildman–Crippen LogP) is 5.15. The van der Waals surface area contributed by atoms with Gasteiger partial charge in [0.2, 0.25) is 5.91 Å². The molecule has 0 aliphatic rings. The van der Waals surface area contributed by atoms with Crippen LogP contribution in [0.2, 0.25) is 0 Å². The standard InChI is InChI=1S/C23H18F3N5O3S/c1-14(32)27-15-10-12-16(13-11-15)28-21-22(30-19-8-4-3-7-18(19)29-21)31-35(33,34)20-9-5-2-6-17(20)23(24,25)26/h2-13H,1H3,(H,27,32)(H,28,29)(H,30,31). The Morgan fingerprint density at radius 2 is 1.34 bits per heavy atom. The molecule has 0 fully saturated rings. The van der Waals surface area contributed by atoms with Crippen LogP contribution in [-0.4, -0.2) is 24.3 Å². The summed E-state index contributed by atoms with van der Waals surface area (Å²) < 4.78 is 68.5. The lowest BCUT2D eigenvalue weighted by Crippen LogP contribution is -2.20. The number of nitrogens with zero attached hydrogens (tertiary/aromatic N) is 2. The Morgan fingerprint density at radius 1 is 0.800 bits per heavy atom. The van der Waals surface area contributed by atoms with Crippen molar-refractivity contribution in [3.63, 3.8) is 0 Å². The number of hydrogen-bond acceptors (Lipinski definition) is 6. The lowest BCUT2D eigenvalue weighted by atomic mass is 10.2. The average molecular weight is 501 g/mol. The molecule has 0 aliphatic carbocycles. The number of alkyl halides is 3. The Balaban J connectivity index is 1.75. The maximum absolute atomic E-state index is 13.4. The molecule has 180 valence electrons. The van der Waals surface area contributed by atoms with Gasteiger partial charge in [-0.05, 0) is 48.5 Å². The minimum Gasteiger partial charge on any atom is -0.337 e. The molecule has 3 aromatic carbocycles. The second kappa shape index (κ2) is 9.22. The molecule has 0 unspecified atom stereocenters. The van der Waals surface area contributed by atoms with Gasteiger partial charge in [0.1, 0.15) is 0 Å². The number of halogens is 3. The lowest BCUT2D eigenvalue weighted by molar-refractivity contribution is -0.139. The van der Waals surface area contributed by atoms with E-state index in [0.29, 0.717) is 28.5 Å². The minimum atomic E-state index is -4.88. The fourth-order valence-electron chi connectivity index (χ4n) is 3.25. The second-order valence-corrected chi connectivity index (χ2v) is 9.04. The number of anilines is 4. The van der Waals surface area contributed by atoms with E-state index in [-0.39, 0.29) is 17.5 Å². The van der Waals surface area contributed by atoms with E-state index in [0.717, 1.165) is 12.1 Å². The second-order valence-electron chi connectivity index (χ2n) is 7.39. The summed E-state index contributed by atoms with van der Waals surface area (Å²) in [6.07, 6.45) is -4.88. The summed E-state index contributed by atoms with van der Waals surface area (Å²) in [6, 6.07) is 16.9. The number of nitrogens with one attached hydrogen (secondary N) is 3. The SMILES string of the molecule is CC(=O)Nc1ccc(Nc2nc3ccccc3nc2NS(=O)(=O)c2ccccc2C(F)(F)F)cc1. The number of hydrogen-bond donors (Lipinski definition) is 3. The predicted molar refractivity (Wildman–Crippen MR) is 126 cm³/mol. The van der Waals surface area contributed by atoms with Gasteiger partial charge in [-0.2, -0.15) is 13.2 Å². The molecule has 3 N–H and O–H groups in total. The summed E-state index contributed by atoms with van der Waals surface area (Å²) in [7, 11) is -4.69. The van der Waals surface area contributed by atoms with Crippen LogP contribution in [0.5, 0.6) is 0 Å². The quantitative estimate of drug-likeness (QED) is 0.337. The minimum absolute atomic E-state index is 0.0240. The summed E-state index contributed by atoms with van der Waals surface area (Å²) in [5.41, 5.74) is 0.478. The maximum atomic E-state index is 13.4. The first-order chi connectivity index (χ1) is 16.5. The van der Waals surface area contributed by atoms with E-state index in [1.807, 2.05) is 0 Å². The van der Waals surface area contributed by atoms with E-state index in [2.05, 4.69) is 25.3 Å². The highest BCUT2D eigenvalue weighted by Crippen LogP contribution is 2.35. The molecule has 0 saturated heterocycles. The van der Waals surface area contributed by atoms with Crippen LogP contribution in [0.3, 0.4) is 0 Å². The first-order valence-electron chi connectivity index (χ1n) is 10.1. The van der Waals surface area contributed by atoms with Crippen LogP contribution in [0.25, 0.3) is 11.0 Å². The highest BCUT2D eigenvalue weighted by atomic mass is 32.2. The van der Waals surface area contributed by atoms with Gasteiger partial charge < -0.3 is 10.6 Å². The Bertz CT molecular complexity index is 1510. The van der Waals surface area contributed by atoms with E-state index < -0.39 is 26.7 Å². The summed E-state index contributed by atoms with van der Waals surface area (Å²) in [5, 5.41) is 5.55. The molecular weight excluding hydrogens is 483 g/mol. The van der Waals surface area contributed by atoms with E-state index in [4.69, 9.17) is 0 Å². The van der Waals surface area contributed by atoms with Crippen LogP contribution in [0.4, 0.5) is 36.2 Å². The zero-order valence-electron chi connectivity index (χ0n) is 18.1. The molecule has 12 heteroatoms. The summed E-state index contributed by atoms with van der Waals surface area (Å²) in [5.74, 6) is -0.558. The maximum Gasteiger partial charge on any atom is 0.417 e. The number of carbonyl (C=O) groups is 1. The molecule has 4 aromatic rings. The van der Waals surface area contributed by atoms with Crippen LogP contribution < -0.4 is 15.4 Å². The monoisotopic (exact) mass is 501 g/mol. The van der Waals surface area contributed by atoms with Crippen LogP contribution in [0, 0.1) is 0 Å². The van der Waals surface area contributed by atoms with Gasteiger partial charge >= 0.3 is 6.18 Å². The summed E-state index contributed by atoms with van der Waals surface area (Å²) >= 11 is 0. The third-order valence-corrected chi connectivity index (χ3v) is 6.15. The van der Waals surface area contributed by atoms with E-state index in [1.165, 1.54) is 13.0 Å². The number of amides is 1. The number of sulfonamides is 1. The average Bonchev–Trinajstić information content (AvgIpc) is 2.79. The number of rotatable bonds is 6. The Labute approximate surface area is 198 Å². The summed E-state index contributed by atoms with van der Waals surface area (Å²) in [4.78, 5) is 19.0. The van der Waals surface area contributed by atoms with Crippen molar-refractivity contribution in [2.75, 3.05) is 15.4 Å². The van der Waals surface area contributed by atoms with Crippen LogP contribution in [0.15, 0.2) is 77.7 Å². The Hall–Kier alpha value is -4.19. The van der Waals surface area contributed by atoms with Crippen molar-refractivity contribution < 1.29 is 26.4 Å². The van der Waals surface area contributed by atoms with Crippen molar-refractivity contribution in [1.29, 1.82) is 0 Å². The van der Waals surface area contributed by atoms with Gasteiger partial charge in [0.15, 0.2) is 11.6 Å². The van der Waals surface area contributed by atoms with Crippen molar-refractivity contribution in [3.8, 4) is 0 Å². The van der Waals surface area contributed by atoms with Gasteiger partial charge in [-0.1, -0.05) is 24.3 Å². The van der Waals surface area contributed by atoms with Gasteiger partial charge in [0, 0.05) is 18.3 Å². The zero-order valence-corrected chi connectivity index (χ0v) is 18.9. The molecular formula is C23H18F3N5O3S. The third kappa shape index (κ3) is 5.49. The molecule has 0 radical (unpaired) electrons. The fourth-order valence-corrected chi connectivity index (χ4v) is 4.49. The van der Waals surface area contributed by atoms with Crippen LogP contribution in [0.1, 0.15) is 12.5 Å². The molecule has 0 spiro atoms. The molecule has 0 atom stereocenters. The first kappa shape index (κ1) is 24.0. The summed E-state index contributed by atoms with van der Waals surface area (Å²) in [6.45, 7) is 1.37. The van der Waals surface area contributed by atoms with Crippen LogP contribution >= 0.6 is 0 Å². The van der Waals surface area contributed by atoms with Gasteiger partial charge in [0.25, 0.3) is 10.0 Å². The molecule has 8 nitrogen and oxygen atoms in total. The molecule has 1 aromatic heterocycles. The Morgan fingerprint density at radius 3 is 1.94 bits per heavy atom. The van der Waals surface area contributed by atoms with Crippen molar-refractivity contribution in [3.05, 3.63) is 78.4 Å². The smallest absolute Gasteiger partial charge is 0.337 e. The normalized spacial score (nSPS) is 11.8. The number of carbonyl (C=O) groups excluding carboxylic acids is 1. The topological polar surface area (TPSA) is 113 Å². The number of benzene rings is 3. The van der Waals surface area contributed by atoms with Gasteiger partial charge in [-0.25, -0.2) is 18.4 Å². The van der Waals surface area contributed by atoms with Crippen molar-refractivity contribution >= 4 is 50.0 Å². The van der Waals surface area contributed by atoms with Crippen molar-refractivity contribution in [2.45, 2.75) is 18.0 Å². The molecule has 0 saturated carbocycles. The number of para-hydroxylation sites is 2. The van der Waals surface area contributed by atoms with Crippen molar-refractivity contribution in [1.82, 2.24) is 9.97 Å².